The van der Waals surface area contributed by atoms with E-state index < -0.39 is 29.3 Å². The van der Waals surface area contributed by atoms with E-state index in [1.807, 2.05) is 6.92 Å². The van der Waals surface area contributed by atoms with Gasteiger partial charge in [0.15, 0.2) is 0 Å². The Morgan fingerprint density at radius 3 is 2.00 bits per heavy atom. The van der Waals surface area contributed by atoms with Crippen LogP contribution < -0.4 is 5.32 Å². The molecular formula is C25H27F2N3O4. The summed E-state index contributed by atoms with van der Waals surface area (Å²) in [5.41, 5.74) is -0.427. The summed E-state index contributed by atoms with van der Waals surface area (Å²) in [6, 6.07) is 9.70. The van der Waals surface area contributed by atoms with Crippen molar-refractivity contribution in [2.45, 2.75) is 38.0 Å². The number of ether oxygens (including phenoxy) is 1. The van der Waals surface area contributed by atoms with Crippen molar-refractivity contribution in [2.75, 3.05) is 26.2 Å². The standard InChI is InChI=1S/C25H27F2N3O4/c1-2-13-28-22(31)21-16-34-25(30(21)24(33)18-5-9-20(27)10-6-18)11-14-29(15-12-25)23(32)17-3-7-19(26)8-4-17/h3-10,21H,2,11-16H2,1H3,(H,28,31)/t21-/m0/s1. The van der Waals surface area contributed by atoms with Crippen molar-refractivity contribution in [1.29, 1.82) is 0 Å². The van der Waals surface area contributed by atoms with Crippen molar-refractivity contribution < 1.29 is 27.9 Å². The first-order valence-corrected chi connectivity index (χ1v) is 11.4. The van der Waals surface area contributed by atoms with Gasteiger partial charge >= 0.3 is 0 Å². The summed E-state index contributed by atoms with van der Waals surface area (Å²) in [7, 11) is 0. The number of halogens is 2. The van der Waals surface area contributed by atoms with E-state index in [1.165, 1.54) is 53.4 Å². The zero-order chi connectivity index (χ0) is 24.3. The number of piperidine rings is 1. The molecule has 0 radical (unpaired) electrons. The second kappa shape index (κ2) is 9.89. The van der Waals surface area contributed by atoms with Crippen molar-refractivity contribution in [2.24, 2.45) is 0 Å². The zero-order valence-electron chi connectivity index (χ0n) is 18.9. The quantitative estimate of drug-likeness (QED) is 0.727. The fourth-order valence-electron chi connectivity index (χ4n) is 4.50. The van der Waals surface area contributed by atoms with E-state index in [2.05, 4.69) is 5.32 Å². The molecule has 34 heavy (non-hydrogen) atoms. The zero-order valence-corrected chi connectivity index (χ0v) is 18.9. The van der Waals surface area contributed by atoms with Gasteiger partial charge in [0.2, 0.25) is 5.91 Å². The Morgan fingerprint density at radius 2 is 1.47 bits per heavy atom. The number of likely N-dealkylation sites (tertiary alicyclic amines) is 1. The third kappa shape index (κ3) is 4.65. The molecule has 0 aliphatic carbocycles. The molecule has 0 aromatic heterocycles. The summed E-state index contributed by atoms with van der Waals surface area (Å²) in [4.78, 5) is 42.3. The molecule has 0 saturated carbocycles. The molecule has 2 aliphatic heterocycles. The van der Waals surface area contributed by atoms with Crippen LogP contribution in [0.2, 0.25) is 0 Å². The predicted molar refractivity (Wildman–Crippen MR) is 120 cm³/mol. The highest BCUT2D eigenvalue weighted by atomic mass is 19.1. The van der Waals surface area contributed by atoms with Crippen LogP contribution in [0.4, 0.5) is 8.78 Å². The smallest absolute Gasteiger partial charge is 0.256 e. The fraction of sp³-hybridized carbons (Fsp3) is 0.400. The molecule has 1 N–H and O–H groups in total. The topological polar surface area (TPSA) is 79.0 Å². The molecule has 180 valence electrons. The Morgan fingerprint density at radius 1 is 0.941 bits per heavy atom. The molecule has 2 aliphatic rings. The first-order chi connectivity index (χ1) is 16.3. The molecule has 1 atom stereocenters. The molecule has 0 bridgehead atoms. The summed E-state index contributed by atoms with van der Waals surface area (Å²) in [5.74, 6) is -1.85. The van der Waals surface area contributed by atoms with Crippen LogP contribution in [0, 0.1) is 11.6 Å². The van der Waals surface area contributed by atoms with Gasteiger partial charge in [-0.05, 0) is 55.0 Å². The van der Waals surface area contributed by atoms with Gasteiger partial charge in [-0.1, -0.05) is 6.92 Å². The largest absolute Gasteiger partial charge is 0.354 e. The third-order valence-corrected chi connectivity index (χ3v) is 6.35. The Bertz CT molecular complexity index is 1050. The molecule has 2 aromatic rings. The van der Waals surface area contributed by atoms with Crippen LogP contribution in [-0.4, -0.2) is 65.5 Å². The van der Waals surface area contributed by atoms with Crippen LogP contribution in [0.1, 0.15) is 46.9 Å². The second-order valence-corrected chi connectivity index (χ2v) is 8.55. The number of amides is 3. The van der Waals surface area contributed by atoms with Crippen molar-refractivity contribution >= 4 is 17.7 Å². The van der Waals surface area contributed by atoms with Crippen LogP contribution in [-0.2, 0) is 9.53 Å². The highest BCUT2D eigenvalue weighted by Gasteiger charge is 2.54. The lowest BCUT2D eigenvalue weighted by Crippen LogP contribution is -2.59. The van der Waals surface area contributed by atoms with Gasteiger partial charge < -0.3 is 15.0 Å². The molecule has 2 heterocycles. The van der Waals surface area contributed by atoms with Crippen molar-refractivity contribution in [3.05, 3.63) is 71.3 Å². The molecule has 4 rings (SSSR count). The van der Waals surface area contributed by atoms with Crippen LogP contribution in [0.5, 0.6) is 0 Å². The van der Waals surface area contributed by atoms with Gasteiger partial charge in [0, 0.05) is 43.6 Å². The number of nitrogens with one attached hydrogen (secondary N) is 1. The van der Waals surface area contributed by atoms with Gasteiger partial charge in [-0.2, -0.15) is 0 Å². The van der Waals surface area contributed by atoms with Crippen LogP contribution in [0.15, 0.2) is 48.5 Å². The number of hydrogen-bond donors (Lipinski definition) is 1. The SMILES string of the molecule is CCCNC(=O)[C@@H]1COC2(CCN(C(=O)c3ccc(F)cc3)CC2)N1C(=O)c1ccc(F)cc1. The monoisotopic (exact) mass is 471 g/mol. The molecule has 1 spiro atoms. The molecule has 2 aromatic carbocycles. The van der Waals surface area contributed by atoms with Crippen LogP contribution in [0.25, 0.3) is 0 Å². The normalized spacial score (nSPS) is 19.3. The van der Waals surface area contributed by atoms with Crippen molar-refractivity contribution in [3.63, 3.8) is 0 Å². The van der Waals surface area contributed by atoms with Crippen molar-refractivity contribution in [3.8, 4) is 0 Å². The van der Waals surface area contributed by atoms with E-state index in [4.69, 9.17) is 4.74 Å². The maximum atomic E-state index is 13.5. The summed E-state index contributed by atoms with van der Waals surface area (Å²) >= 11 is 0. The van der Waals surface area contributed by atoms with E-state index in [1.54, 1.807) is 4.90 Å². The van der Waals surface area contributed by atoms with E-state index in [0.717, 1.165) is 6.42 Å². The lowest BCUT2D eigenvalue weighted by atomic mass is 9.96. The summed E-state index contributed by atoms with van der Waals surface area (Å²) in [6.45, 7) is 3.04. The van der Waals surface area contributed by atoms with Gasteiger partial charge in [0.1, 0.15) is 23.4 Å². The first-order valence-electron chi connectivity index (χ1n) is 11.4. The molecule has 0 unspecified atom stereocenters. The second-order valence-electron chi connectivity index (χ2n) is 8.55. The van der Waals surface area contributed by atoms with Gasteiger partial charge in [-0.3, -0.25) is 19.3 Å². The molecule has 2 fully saturated rings. The highest BCUT2D eigenvalue weighted by Crippen LogP contribution is 2.38. The number of nitrogens with zero attached hydrogens (tertiary/aromatic N) is 2. The van der Waals surface area contributed by atoms with Gasteiger partial charge in [-0.15, -0.1) is 0 Å². The van der Waals surface area contributed by atoms with E-state index in [9.17, 15) is 23.2 Å². The van der Waals surface area contributed by atoms with E-state index in [-0.39, 0.29) is 24.0 Å². The molecule has 7 nitrogen and oxygen atoms in total. The average Bonchev–Trinajstić information content (AvgIpc) is 3.21. The Kier molecular flexibility index (Phi) is 6.92. The fourth-order valence-corrected chi connectivity index (χ4v) is 4.50. The summed E-state index contributed by atoms with van der Waals surface area (Å²) in [6.07, 6.45) is 1.37. The third-order valence-electron chi connectivity index (χ3n) is 6.35. The minimum atomic E-state index is -1.06. The number of carbonyl (C=O) groups is 3. The Balaban J connectivity index is 1.56. The molecule has 3 amide bonds. The maximum absolute atomic E-state index is 13.5. The van der Waals surface area contributed by atoms with Crippen LogP contribution in [0.3, 0.4) is 0 Å². The Hall–Kier alpha value is -3.33. The Labute approximate surface area is 196 Å². The lowest BCUT2D eigenvalue weighted by Gasteiger charge is -2.44. The van der Waals surface area contributed by atoms with Gasteiger partial charge in [-0.25, -0.2) is 8.78 Å². The molecular weight excluding hydrogens is 444 g/mol. The number of hydrogen-bond acceptors (Lipinski definition) is 4. The van der Waals surface area contributed by atoms with Gasteiger partial charge in [0.25, 0.3) is 11.8 Å². The highest BCUT2D eigenvalue weighted by molar-refractivity contribution is 5.98. The molecule has 2 saturated heterocycles. The van der Waals surface area contributed by atoms with E-state index >= 15 is 0 Å². The molecule has 9 heteroatoms. The van der Waals surface area contributed by atoms with Gasteiger partial charge in [0.05, 0.1) is 6.61 Å². The first kappa shape index (κ1) is 23.8. The lowest BCUT2D eigenvalue weighted by molar-refractivity contribution is -0.128. The summed E-state index contributed by atoms with van der Waals surface area (Å²) in [5, 5.41) is 2.83. The maximum Gasteiger partial charge on any atom is 0.256 e. The van der Waals surface area contributed by atoms with E-state index in [0.29, 0.717) is 38.0 Å². The van der Waals surface area contributed by atoms with Crippen molar-refractivity contribution in [1.82, 2.24) is 15.1 Å². The average molecular weight is 472 g/mol. The van der Waals surface area contributed by atoms with Crippen LogP contribution >= 0.6 is 0 Å². The number of benzene rings is 2. The minimum Gasteiger partial charge on any atom is -0.354 e. The minimum absolute atomic E-state index is 0.0361. The number of carbonyl (C=O) groups excluding carboxylic acids is 3. The summed E-state index contributed by atoms with van der Waals surface area (Å²) < 4.78 is 32.8. The predicted octanol–water partition coefficient (Wildman–Crippen LogP) is 2.96. The number of rotatable bonds is 5.